The van der Waals surface area contributed by atoms with Gasteiger partial charge in [-0.15, -0.1) is 0 Å². The van der Waals surface area contributed by atoms with E-state index in [4.69, 9.17) is 9.47 Å². The number of carbonyl (C=O) groups excluding carboxylic acids is 3. The number of ether oxygens (including phenoxy) is 2. The van der Waals surface area contributed by atoms with Crippen molar-refractivity contribution in [3.8, 4) is 0 Å². The second-order valence-corrected chi connectivity index (χ2v) is 10.3. The first kappa shape index (κ1) is 26.2. The van der Waals surface area contributed by atoms with E-state index in [0.29, 0.717) is 31.3 Å². The zero-order valence-electron chi connectivity index (χ0n) is 21.0. The minimum atomic E-state index is -0.737. The Morgan fingerprint density at radius 3 is 2.53 bits per heavy atom. The van der Waals surface area contributed by atoms with Crippen LogP contribution in [0.3, 0.4) is 0 Å². The molecule has 0 radical (unpaired) electrons. The first-order valence-corrected chi connectivity index (χ1v) is 12.6. The van der Waals surface area contributed by atoms with E-state index in [1.807, 2.05) is 42.2 Å². The molecule has 1 saturated carbocycles. The maximum atomic E-state index is 13.3. The number of hydrogen-bond acceptors (Lipinski definition) is 6. The van der Waals surface area contributed by atoms with E-state index in [1.54, 1.807) is 0 Å². The third kappa shape index (κ3) is 6.81. The van der Waals surface area contributed by atoms with Gasteiger partial charge in [-0.1, -0.05) is 51.1 Å². The molecule has 7 nitrogen and oxygen atoms in total. The molecule has 1 saturated heterocycles. The third-order valence-corrected chi connectivity index (χ3v) is 7.17. The highest BCUT2D eigenvalue weighted by Gasteiger charge is 2.45. The van der Waals surface area contributed by atoms with Gasteiger partial charge in [0.2, 0.25) is 5.91 Å². The largest absolute Gasteiger partial charge is 0.469 e. The summed E-state index contributed by atoms with van der Waals surface area (Å²) in [6.07, 6.45) is 3.91. The quantitative estimate of drug-likeness (QED) is 0.414. The van der Waals surface area contributed by atoms with Gasteiger partial charge in [0.05, 0.1) is 13.0 Å². The maximum Gasteiger partial charge on any atom is 0.318 e. The molecule has 2 fully saturated rings. The first-order valence-electron chi connectivity index (χ1n) is 12.6. The molecular formula is C27H40N2O5. The summed E-state index contributed by atoms with van der Waals surface area (Å²) in [6.45, 7) is 7.96. The summed E-state index contributed by atoms with van der Waals surface area (Å²) < 4.78 is 10.4. The molecule has 5 atom stereocenters. The zero-order chi connectivity index (χ0) is 24.7. The fourth-order valence-corrected chi connectivity index (χ4v) is 5.33. The second-order valence-electron chi connectivity index (χ2n) is 10.3. The van der Waals surface area contributed by atoms with Crippen molar-refractivity contribution in [3.63, 3.8) is 0 Å². The number of benzene rings is 1. The Balaban J connectivity index is 1.64. The van der Waals surface area contributed by atoms with Crippen LogP contribution >= 0.6 is 0 Å². The average molecular weight is 473 g/mol. The molecule has 1 heterocycles. The number of esters is 2. The minimum Gasteiger partial charge on any atom is -0.469 e. The fraction of sp³-hybridized carbons (Fsp3) is 0.667. The van der Waals surface area contributed by atoms with Gasteiger partial charge in [-0.25, -0.2) is 0 Å². The minimum absolute atomic E-state index is 0.0311. The van der Waals surface area contributed by atoms with Crippen molar-refractivity contribution in [1.29, 1.82) is 0 Å². The number of likely N-dealkylation sites (tertiary alicyclic amines) is 1. The van der Waals surface area contributed by atoms with Crippen molar-refractivity contribution in [3.05, 3.63) is 35.9 Å². The Morgan fingerprint density at radius 2 is 1.85 bits per heavy atom. The first-order chi connectivity index (χ1) is 16.3. The van der Waals surface area contributed by atoms with Crippen LogP contribution in [0.4, 0.5) is 0 Å². The van der Waals surface area contributed by atoms with Gasteiger partial charge in [-0.2, -0.15) is 0 Å². The van der Waals surface area contributed by atoms with Crippen molar-refractivity contribution in [2.24, 2.45) is 23.7 Å². The molecular weight excluding hydrogens is 432 g/mol. The van der Waals surface area contributed by atoms with Crippen LogP contribution in [0.15, 0.2) is 30.3 Å². The summed E-state index contributed by atoms with van der Waals surface area (Å²) in [5.41, 5.74) is 0.905. The predicted octanol–water partition coefficient (Wildman–Crippen LogP) is 3.56. The normalized spacial score (nSPS) is 25.9. The second kappa shape index (κ2) is 12.3. The van der Waals surface area contributed by atoms with Crippen LogP contribution < -0.4 is 5.32 Å². The molecule has 3 rings (SSSR count). The summed E-state index contributed by atoms with van der Waals surface area (Å²) in [5.74, 6) is -1.02. The Kier molecular flexibility index (Phi) is 9.51. The van der Waals surface area contributed by atoms with Crippen LogP contribution in [0, 0.1) is 23.7 Å². The van der Waals surface area contributed by atoms with E-state index in [-0.39, 0.29) is 36.4 Å². The monoisotopic (exact) mass is 472 g/mol. The molecule has 1 aromatic rings. The molecule has 0 aromatic heterocycles. The highest BCUT2D eigenvalue weighted by Crippen LogP contribution is 2.37. The van der Waals surface area contributed by atoms with Gasteiger partial charge in [0.1, 0.15) is 12.5 Å². The number of rotatable bonds is 10. The van der Waals surface area contributed by atoms with Gasteiger partial charge in [-0.05, 0) is 56.0 Å². The van der Waals surface area contributed by atoms with E-state index in [2.05, 4.69) is 19.2 Å². The number of methoxy groups -OCH3 is 1. The maximum absolute atomic E-state index is 13.3. The smallest absolute Gasteiger partial charge is 0.318 e. The van der Waals surface area contributed by atoms with Crippen LogP contribution in [-0.4, -0.2) is 55.0 Å². The predicted molar refractivity (Wildman–Crippen MR) is 130 cm³/mol. The van der Waals surface area contributed by atoms with Crippen molar-refractivity contribution in [2.45, 2.75) is 71.6 Å². The Labute approximate surface area is 203 Å². The Hall–Kier alpha value is -2.41. The standard InChI is InChI=1S/C27H40N2O5/c1-18(2)16-28-22-10-11-24(21(15-22)14-19(3)26(31)33-4)29-13-12-23(25(29)30)27(32)34-17-20-8-6-5-7-9-20/h5-9,18-19,21-24,28H,10-17H2,1-4H3/t19?,21-,22-,23+,24+/m1/s1. The number of amides is 1. The molecule has 7 heteroatoms. The van der Waals surface area contributed by atoms with Crippen molar-refractivity contribution in [2.75, 3.05) is 20.2 Å². The van der Waals surface area contributed by atoms with Gasteiger partial charge in [0, 0.05) is 18.6 Å². The van der Waals surface area contributed by atoms with E-state index >= 15 is 0 Å². The molecule has 188 valence electrons. The molecule has 1 N–H and O–H groups in total. The molecule has 0 spiro atoms. The van der Waals surface area contributed by atoms with E-state index in [1.165, 1.54) is 7.11 Å². The van der Waals surface area contributed by atoms with E-state index in [0.717, 1.165) is 31.4 Å². The fourth-order valence-electron chi connectivity index (χ4n) is 5.33. The topological polar surface area (TPSA) is 84.9 Å². The lowest BCUT2D eigenvalue weighted by molar-refractivity contribution is -0.154. The molecule has 0 bridgehead atoms. The number of nitrogens with zero attached hydrogens (tertiary/aromatic N) is 1. The summed E-state index contributed by atoms with van der Waals surface area (Å²) in [4.78, 5) is 40.0. The van der Waals surface area contributed by atoms with Crippen LogP contribution in [0.5, 0.6) is 0 Å². The Bertz CT molecular complexity index is 828. The highest BCUT2D eigenvalue weighted by atomic mass is 16.5. The molecule has 1 unspecified atom stereocenters. The molecule has 1 aromatic carbocycles. The average Bonchev–Trinajstić information content (AvgIpc) is 3.22. The molecule has 1 aliphatic carbocycles. The molecule has 34 heavy (non-hydrogen) atoms. The summed E-state index contributed by atoms with van der Waals surface area (Å²) in [5, 5.41) is 3.66. The van der Waals surface area contributed by atoms with Crippen molar-refractivity contribution in [1.82, 2.24) is 10.2 Å². The SMILES string of the molecule is COC(=O)C(C)C[C@@H]1C[C@H](NCC(C)C)CC[C@@H]1N1CC[C@H](C(=O)OCc2ccccc2)C1=O. The van der Waals surface area contributed by atoms with Crippen LogP contribution in [-0.2, 0) is 30.5 Å². The van der Waals surface area contributed by atoms with E-state index in [9.17, 15) is 14.4 Å². The van der Waals surface area contributed by atoms with Crippen molar-refractivity contribution < 1.29 is 23.9 Å². The molecule has 1 aliphatic heterocycles. The zero-order valence-corrected chi connectivity index (χ0v) is 21.0. The Morgan fingerprint density at radius 1 is 1.12 bits per heavy atom. The van der Waals surface area contributed by atoms with Crippen molar-refractivity contribution >= 4 is 17.8 Å². The molecule has 1 amide bonds. The number of carbonyl (C=O) groups is 3. The van der Waals surface area contributed by atoms with Gasteiger partial charge in [-0.3, -0.25) is 14.4 Å². The highest BCUT2D eigenvalue weighted by molar-refractivity contribution is 5.99. The van der Waals surface area contributed by atoms with Gasteiger partial charge < -0.3 is 19.7 Å². The molecule has 2 aliphatic rings. The third-order valence-electron chi connectivity index (χ3n) is 7.17. The van der Waals surface area contributed by atoms with Gasteiger partial charge >= 0.3 is 11.9 Å². The number of hydrogen-bond donors (Lipinski definition) is 1. The summed E-state index contributed by atoms with van der Waals surface area (Å²) in [7, 11) is 1.42. The lowest BCUT2D eigenvalue weighted by Crippen LogP contribution is -2.50. The lowest BCUT2D eigenvalue weighted by Gasteiger charge is -2.42. The van der Waals surface area contributed by atoms with Crippen LogP contribution in [0.2, 0.25) is 0 Å². The van der Waals surface area contributed by atoms with E-state index < -0.39 is 11.9 Å². The lowest BCUT2D eigenvalue weighted by atomic mass is 9.76. The number of nitrogens with one attached hydrogen (secondary N) is 1. The van der Waals surface area contributed by atoms with Gasteiger partial charge in [0.15, 0.2) is 0 Å². The summed E-state index contributed by atoms with van der Waals surface area (Å²) in [6, 6.07) is 9.90. The van der Waals surface area contributed by atoms with Gasteiger partial charge in [0.25, 0.3) is 0 Å². The van der Waals surface area contributed by atoms with Crippen LogP contribution in [0.25, 0.3) is 0 Å². The van der Waals surface area contributed by atoms with Crippen LogP contribution in [0.1, 0.15) is 58.4 Å². The summed E-state index contributed by atoms with van der Waals surface area (Å²) >= 11 is 0.